The van der Waals surface area contributed by atoms with Gasteiger partial charge in [-0.3, -0.25) is 9.59 Å². The van der Waals surface area contributed by atoms with Crippen LogP contribution in [0, 0.1) is 5.92 Å². The van der Waals surface area contributed by atoms with E-state index in [2.05, 4.69) is 12.1 Å². The van der Waals surface area contributed by atoms with Crippen molar-refractivity contribution in [1.82, 2.24) is 9.80 Å². The molecular weight excluding hydrogens is 316 g/mol. The number of likely N-dealkylation sites (tertiary alicyclic amines) is 2. The minimum absolute atomic E-state index is 0.0283. The molecule has 2 fully saturated rings. The van der Waals surface area contributed by atoms with Gasteiger partial charge in [-0.1, -0.05) is 30.3 Å². The van der Waals surface area contributed by atoms with Crippen molar-refractivity contribution in [3.8, 4) is 0 Å². The van der Waals surface area contributed by atoms with Crippen LogP contribution in [0.3, 0.4) is 0 Å². The van der Waals surface area contributed by atoms with Gasteiger partial charge >= 0.3 is 0 Å². The average Bonchev–Trinajstić information content (AvgIpc) is 2.67. The number of carbonyl (C=O) groups excluding carboxylic acids is 2. The van der Waals surface area contributed by atoms with Crippen LogP contribution in [0.2, 0.25) is 0 Å². The molecule has 0 saturated carbocycles. The van der Waals surface area contributed by atoms with Crippen LogP contribution in [-0.4, -0.2) is 53.9 Å². The Labute approximate surface area is 149 Å². The predicted octanol–water partition coefficient (Wildman–Crippen LogP) is 2.45. The van der Waals surface area contributed by atoms with Crippen LogP contribution in [-0.2, 0) is 20.9 Å². The minimum atomic E-state index is -0.0283. The molecule has 5 heteroatoms. The Morgan fingerprint density at radius 2 is 1.76 bits per heavy atom. The largest absolute Gasteiger partial charge is 0.373 e. The monoisotopic (exact) mass is 344 g/mol. The van der Waals surface area contributed by atoms with Crippen LogP contribution in [0.15, 0.2) is 30.3 Å². The number of carbonyl (C=O) groups is 2. The Morgan fingerprint density at radius 1 is 1.04 bits per heavy atom. The highest BCUT2D eigenvalue weighted by Gasteiger charge is 2.32. The van der Waals surface area contributed by atoms with Gasteiger partial charge in [0.2, 0.25) is 11.8 Å². The van der Waals surface area contributed by atoms with E-state index in [1.807, 2.05) is 28.0 Å². The van der Waals surface area contributed by atoms with Crippen LogP contribution >= 0.6 is 0 Å². The maximum Gasteiger partial charge on any atom is 0.227 e. The molecular formula is C20H28N2O3. The molecule has 0 bridgehead atoms. The van der Waals surface area contributed by atoms with Gasteiger partial charge in [0.05, 0.1) is 18.6 Å². The van der Waals surface area contributed by atoms with Gasteiger partial charge in [-0.05, 0) is 31.2 Å². The predicted molar refractivity (Wildman–Crippen MR) is 95.8 cm³/mol. The van der Waals surface area contributed by atoms with Crippen molar-refractivity contribution >= 4 is 11.8 Å². The van der Waals surface area contributed by atoms with Gasteiger partial charge in [0.15, 0.2) is 0 Å². The van der Waals surface area contributed by atoms with Crippen molar-refractivity contribution in [1.29, 1.82) is 0 Å². The summed E-state index contributed by atoms with van der Waals surface area (Å²) >= 11 is 0. The molecule has 0 spiro atoms. The zero-order chi connectivity index (χ0) is 17.6. The Morgan fingerprint density at radius 3 is 2.44 bits per heavy atom. The zero-order valence-corrected chi connectivity index (χ0v) is 15.0. The molecule has 0 unspecified atom stereocenters. The molecule has 25 heavy (non-hydrogen) atoms. The second kappa shape index (κ2) is 8.48. The Bertz CT molecular complexity index is 582. The molecule has 1 aromatic carbocycles. The lowest BCUT2D eigenvalue weighted by atomic mass is 9.95. The summed E-state index contributed by atoms with van der Waals surface area (Å²) in [7, 11) is 0. The van der Waals surface area contributed by atoms with Crippen molar-refractivity contribution in [2.24, 2.45) is 5.92 Å². The van der Waals surface area contributed by atoms with Crippen molar-refractivity contribution in [3.05, 3.63) is 35.9 Å². The van der Waals surface area contributed by atoms with Crippen molar-refractivity contribution in [3.63, 3.8) is 0 Å². The fraction of sp³-hybridized carbons (Fsp3) is 0.600. The lowest BCUT2D eigenvalue weighted by molar-refractivity contribution is -0.142. The quantitative estimate of drug-likeness (QED) is 0.843. The molecule has 2 saturated heterocycles. The lowest BCUT2D eigenvalue weighted by Crippen LogP contribution is -2.49. The lowest BCUT2D eigenvalue weighted by Gasteiger charge is -2.37. The molecule has 2 aliphatic rings. The molecule has 0 N–H and O–H groups in total. The topological polar surface area (TPSA) is 49.9 Å². The molecule has 136 valence electrons. The summed E-state index contributed by atoms with van der Waals surface area (Å²) in [6, 6.07) is 10.2. The first kappa shape index (κ1) is 17.9. The third-order valence-electron chi connectivity index (χ3n) is 5.30. The van der Waals surface area contributed by atoms with E-state index in [-0.39, 0.29) is 23.8 Å². The smallest absolute Gasteiger partial charge is 0.227 e. The highest BCUT2D eigenvalue weighted by atomic mass is 16.5. The van der Waals surface area contributed by atoms with Crippen LogP contribution < -0.4 is 0 Å². The van der Waals surface area contributed by atoms with Crippen LogP contribution in [0.5, 0.6) is 0 Å². The number of hydrogen-bond acceptors (Lipinski definition) is 3. The Balaban J connectivity index is 1.43. The molecule has 2 aliphatic heterocycles. The number of amides is 2. The molecule has 5 nitrogen and oxygen atoms in total. The normalized spacial score (nSPS) is 22.0. The molecule has 1 atom stereocenters. The van der Waals surface area contributed by atoms with Crippen LogP contribution in [0.25, 0.3) is 0 Å². The van der Waals surface area contributed by atoms with E-state index in [9.17, 15) is 9.59 Å². The Kier molecular flexibility index (Phi) is 6.08. The highest BCUT2D eigenvalue weighted by Crippen LogP contribution is 2.22. The van der Waals surface area contributed by atoms with Gasteiger partial charge in [0.25, 0.3) is 0 Å². The van der Waals surface area contributed by atoms with Gasteiger partial charge in [0.1, 0.15) is 0 Å². The fourth-order valence-corrected chi connectivity index (χ4v) is 3.75. The number of piperidine rings is 2. The maximum absolute atomic E-state index is 12.8. The minimum Gasteiger partial charge on any atom is -0.373 e. The summed E-state index contributed by atoms with van der Waals surface area (Å²) in [5, 5.41) is 0. The number of hydrogen-bond donors (Lipinski definition) is 0. The first-order valence-corrected chi connectivity index (χ1v) is 9.33. The number of rotatable bonds is 4. The number of nitrogens with zero attached hydrogens (tertiary/aromatic N) is 2. The van der Waals surface area contributed by atoms with Crippen molar-refractivity contribution in [2.75, 3.05) is 26.2 Å². The van der Waals surface area contributed by atoms with E-state index in [1.165, 1.54) is 5.56 Å². The first-order valence-electron chi connectivity index (χ1n) is 9.33. The zero-order valence-electron chi connectivity index (χ0n) is 15.0. The van der Waals surface area contributed by atoms with Gasteiger partial charge < -0.3 is 14.5 Å². The second-order valence-corrected chi connectivity index (χ2v) is 7.13. The summed E-state index contributed by atoms with van der Waals surface area (Å²) in [6.45, 7) is 5.11. The Hall–Kier alpha value is -1.88. The van der Waals surface area contributed by atoms with Gasteiger partial charge in [-0.25, -0.2) is 0 Å². The molecule has 3 rings (SSSR count). The number of ether oxygens (including phenoxy) is 1. The third kappa shape index (κ3) is 4.82. The van der Waals surface area contributed by atoms with Gasteiger partial charge in [-0.15, -0.1) is 0 Å². The van der Waals surface area contributed by atoms with E-state index in [0.717, 1.165) is 45.3 Å². The number of benzene rings is 1. The van der Waals surface area contributed by atoms with Crippen LogP contribution in [0.4, 0.5) is 0 Å². The van der Waals surface area contributed by atoms with Gasteiger partial charge in [-0.2, -0.15) is 0 Å². The SMILES string of the molecule is CC(=O)N1CCC[C@@H](C(=O)N2CCC(OCc3ccccc3)CC2)C1. The van der Waals surface area contributed by atoms with E-state index >= 15 is 0 Å². The molecule has 0 aromatic heterocycles. The average molecular weight is 344 g/mol. The van der Waals surface area contributed by atoms with E-state index in [1.54, 1.807) is 6.92 Å². The molecule has 2 amide bonds. The van der Waals surface area contributed by atoms with Crippen molar-refractivity contribution in [2.45, 2.75) is 45.3 Å². The summed E-state index contributed by atoms with van der Waals surface area (Å²) < 4.78 is 6.00. The van der Waals surface area contributed by atoms with E-state index in [0.29, 0.717) is 13.2 Å². The summed E-state index contributed by atoms with van der Waals surface area (Å²) in [5.74, 6) is 0.261. The summed E-state index contributed by atoms with van der Waals surface area (Å²) in [4.78, 5) is 28.1. The molecule has 1 aromatic rings. The molecule has 0 radical (unpaired) electrons. The van der Waals surface area contributed by atoms with Gasteiger partial charge in [0, 0.05) is 33.1 Å². The second-order valence-electron chi connectivity index (χ2n) is 7.13. The summed E-state index contributed by atoms with van der Waals surface area (Å²) in [5.41, 5.74) is 1.19. The summed E-state index contributed by atoms with van der Waals surface area (Å²) in [6.07, 6.45) is 3.83. The van der Waals surface area contributed by atoms with Crippen LogP contribution in [0.1, 0.15) is 38.2 Å². The molecule has 0 aliphatic carbocycles. The fourth-order valence-electron chi connectivity index (χ4n) is 3.75. The molecule has 2 heterocycles. The van der Waals surface area contributed by atoms with Crippen molar-refractivity contribution < 1.29 is 14.3 Å². The van der Waals surface area contributed by atoms with E-state index in [4.69, 9.17) is 4.74 Å². The standard InChI is InChI=1S/C20H28N2O3/c1-16(23)22-11-5-8-18(14-22)20(24)21-12-9-19(10-13-21)25-15-17-6-3-2-4-7-17/h2-4,6-7,18-19H,5,8-15H2,1H3/t18-/m1/s1. The first-order chi connectivity index (χ1) is 12.1. The highest BCUT2D eigenvalue weighted by molar-refractivity contribution is 5.81. The van der Waals surface area contributed by atoms with E-state index < -0.39 is 0 Å². The third-order valence-corrected chi connectivity index (χ3v) is 5.30. The maximum atomic E-state index is 12.8.